The van der Waals surface area contributed by atoms with Gasteiger partial charge in [-0.25, -0.2) is 0 Å². The molecule has 1 N–H and O–H groups in total. The van der Waals surface area contributed by atoms with E-state index in [4.69, 9.17) is 4.74 Å². The molecule has 0 fully saturated rings. The van der Waals surface area contributed by atoms with Crippen LogP contribution >= 0.6 is 15.9 Å². The first-order valence-electron chi connectivity index (χ1n) is 13.4. The van der Waals surface area contributed by atoms with Gasteiger partial charge in [-0.1, -0.05) is 91.9 Å². The van der Waals surface area contributed by atoms with Crippen LogP contribution in [-0.4, -0.2) is 35.4 Å². The molecule has 2 atom stereocenters. The second-order valence-corrected chi connectivity index (χ2v) is 10.7. The van der Waals surface area contributed by atoms with Gasteiger partial charge in [0.1, 0.15) is 11.8 Å². The molecule has 0 heterocycles. The number of ether oxygens (including phenoxy) is 1. The monoisotopic (exact) mass is 586 g/mol. The van der Waals surface area contributed by atoms with Crippen molar-refractivity contribution in [2.75, 3.05) is 6.61 Å². The van der Waals surface area contributed by atoms with Gasteiger partial charge >= 0.3 is 0 Å². The Morgan fingerprint density at radius 2 is 1.62 bits per heavy atom. The maximum absolute atomic E-state index is 13.9. The molecule has 0 bridgehead atoms. The van der Waals surface area contributed by atoms with Gasteiger partial charge in [0.2, 0.25) is 5.91 Å². The molecular weight excluding hydrogens is 552 g/mol. The summed E-state index contributed by atoms with van der Waals surface area (Å²) in [4.78, 5) is 29.2. The normalized spacial score (nSPS) is 12.5. The van der Waals surface area contributed by atoms with Crippen molar-refractivity contribution in [1.29, 1.82) is 0 Å². The lowest BCUT2D eigenvalue weighted by molar-refractivity contribution is -0.143. The summed E-state index contributed by atoms with van der Waals surface area (Å²) in [5.74, 6) is 0.169. The van der Waals surface area contributed by atoms with Crippen molar-refractivity contribution < 1.29 is 14.3 Å². The molecule has 0 aromatic heterocycles. The zero-order chi connectivity index (χ0) is 27.8. The maximum atomic E-state index is 13.9. The average Bonchev–Trinajstić information content (AvgIpc) is 2.95. The summed E-state index contributed by atoms with van der Waals surface area (Å²) in [6, 6.07) is 28.9. The molecule has 4 rings (SSSR count). The molecule has 0 saturated heterocycles. The summed E-state index contributed by atoms with van der Waals surface area (Å²) in [6.07, 6.45) is 1.20. The van der Waals surface area contributed by atoms with E-state index in [-0.39, 0.29) is 24.5 Å². The van der Waals surface area contributed by atoms with Gasteiger partial charge in [0.25, 0.3) is 5.91 Å². The van der Waals surface area contributed by atoms with E-state index in [9.17, 15) is 9.59 Å². The van der Waals surface area contributed by atoms with Gasteiger partial charge in [0, 0.05) is 19.0 Å². The van der Waals surface area contributed by atoms with Crippen LogP contribution in [-0.2, 0) is 22.6 Å². The van der Waals surface area contributed by atoms with Gasteiger partial charge in [-0.05, 0) is 69.7 Å². The Kier molecular flexibility index (Phi) is 9.77. The third-order valence-corrected chi connectivity index (χ3v) is 7.87. The fraction of sp³-hybridized carbons (Fsp3) is 0.273. The molecular formula is C33H35BrN2O3. The SMILES string of the molecule is CC[C@H](C)NC(=O)[C@@H](Cc1ccccc1)N(Cc1ccccc1C)C(=O)COc1ccc2ccccc2c1Br. The largest absolute Gasteiger partial charge is 0.483 e. The van der Waals surface area contributed by atoms with E-state index in [0.717, 1.165) is 38.4 Å². The summed E-state index contributed by atoms with van der Waals surface area (Å²) in [6.45, 7) is 6.14. The molecule has 0 spiro atoms. The van der Waals surface area contributed by atoms with Crippen LogP contribution in [0.25, 0.3) is 10.8 Å². The molecule has 0 saturated carbocycles. The molecule has 5 nitrogen and oxygen atoms in total. The number of carbonyl (C=O) groups is 2. The highest BCUT2D eigenvalue weighted by Gasteiger charge is 2.31. The number of hydrogen-bond acceptors (Lipinski definition) is 3. The summed E-state index contributed by atoms with van der Waals surface area (Å²) in [5, 5.41) is 5.19. The lowest BCUT2D eigenvalue weighted by Gasteiger charge is -2.32. The molecule has 4 aromatic carbocycles. The fourth-order valence-electron chi connectivity index (χ4n) is 4.51. The predicted molar refractivity (Wildman–Crippen MR) is 161 cm³/mol. The van der Waals surface area contributed by atoms with Crippen LogP contribution in [0.1, 0.15) is 37.0 Å². The summed E-state index contributed by atoms with van der Waals surface area (Å²) >= 11 is 3.65. The van der Waals surface area contributed by atoms with Gasteiger partial charge in [0.15, 0.2) is 6.61 Å². The van der Waals surface area contributed by atoms with Crippen molar-refractivity contribution in [2.24, 2.45) is 0 Å². The highest BCUT2D eigenvalue weighted by Crippen LogP contribution is 2.33. The number of aryl methyl sites for hydroxylation is 1. The molecule has 202 valence electrons. The number of benzene rings is 4. The first-order chi connectivity index (χ1) is 18.9. The number of hydrogen-bond donors (Lipinski definition) is 1. The van der Waals surface area contributed by atoms with Crippen molar-refractivity contribution in [3.63, 3.8) is 0 Å². The van der Waals surface area contributed by atoms with E-state index in [1.54, 1.807) is 4.90 Å². The van der Waals surface area contributed by atoms with Crippen molar-refractivity contribution in [3.8, 4) is 5.75 Å². The molecule has 0 aliphatic heterocycles. The van der Waals surface area contributed by atoms with Crippen LogP contribution in [0.2, 0.25) is 0 Å². The Hall–Kier alpha value is -3.64. The lowest BCUT2D eigenvalue weighted by atomic mass is 10.0. The van der Waals surface area contributed by atoms with Gasteiger partial charge in [-0.15, -0.1) is 0 Å². The number of amides is 2. The molecule has 0 aliphatic rings. The minimum Gasteiger partial charge on any atom is -0.483 e. The van der Waals surface area contributed by atoms with Crippen molar-refractivity contribution in [2.45, 2.75) is 52.2 Å². The van der Waals surface area contributed by atoms with E-state index >= 15 is 0 Å². The van der Waals surface area contributed by atoms with Crippen molar-refractivity contribution in [3.05, 3.63) is 112 Å². The van der Waals surface area contributed by atoms with Crippen molar-refractivity contribution >= 4 is 38.5 Å². The maximum Gasteiger partial charge on any atom is 0.261 e. The Bertz CT molecular complexity index is 1420. The minimum atomic E-state index is -0.697. The number of carbonyl (C=O) groups excluding carboxylic acids is 2. The first kappa shape index (κ1) is 28.4. The van der Waals surface area contributed by atoms with Gasteiger partial charge in [-0.2, -0.15) is 0 Å². The van der Waals surface area contributed by atoms with Gasteiger partial charge in [0.05, 0.1) is 4.47 Å². The Morgan fingerprint density at radius 3 is 2.36 bits per heavy atom. The predicted octanol–water partition coefficient (Wildman–Crippen LogP) is 6.84. The minimum absolute atomic E-state index is 0.00371. The van der Waals surface area contributed by atoms with Crippen LogP contribution in [0, 0.1) is 6.92 Å². The Morgan fingerprint density at radius 1 is 0.923 bits per heavy atom. The van der Waals surface area contributed by atoms with Gasteiger partial charge in [-0.3, -0.25) is 9.59 Å². The first-order valence-corrected chi connectivity index (χ1v) is 14.1. The van der Waals surface area contributed by atoms with E-state index in [0.29, 0.717) is 18.7 Å². The quantitative estimate of drug-likeness (QED) is 0.209. The second kappa shape index (κ2) is 13.4. The average molecular weight is 588 g/mol. The Balaban J connectivity index is 1.65. The highest BCUT2D eigenvalue weighted by atomic mass is 79.9. The molecule has 6 heteroatoms. The molecule has 0 radical (unpaired) electrons. The topological polar surface area (TPSA) is 58.6 Å². The number of rotatable bonds is 11. The summed E-state index contributed by atoms with van der Waals surface area (Å²) < 4.78 is 6.87. The molecule has 39 heavy (non-hydrogen) atoms. The van der Waals surface area contributed by atoms with Crippen molar-refractivity contribution in [1.82, 2.24) is 10.2 Å². The highest BCUT2D eigenvalue weighted by molar-refractivity contribution is 9.10. The smallest absolute Gasteiger partial charge is 0.261 e. The zero-order valence-electron chi connectivity index (χ0n) is 22.7. The van der Waals surface area contributed by atoms with E-state index in [1.807, 2.05) is 112 Å². The van der Waals surface area contributed by atoms with E-state index in [1.165, 1.54) is 0 Å². The zero-order valence-corrected chi connectivity index (χ0v) is 24.3. The van der Waals surface area contributed by atoms with Crippen LogP contribution in [0.3, 0.4) is 0 Å². The number of halogens is 1. The second-order valence-electron chi connectivity index (χ2n) is 9.86. The standard InChI is InChI=1S/C33H35BrN2O3/c1-4-24(3)35-33(38)29(20-25-13-6-5-7-14-25)36(21-27-16-9-8-12-23(27)2)31(37)22-39-30-19-18-26-15-10-11-17-28(26)32(30)34/h5-19,24,29H,4,20-22H2,1-3H3,(H,35,38)/t24-,29+/m0/s1. The van der Waals surface area contributed by atoms with Crippen LogP contribution in [0.15, 0.2) is 95.5 Å². The summed E-state index contributed by atoms with van der Waals surface area (Å²) in [5.41, 5.74) is 3.05. The van der Waals surface area contributed by atoms with E-state index < -0.39 is 6.04 Å². The third kappa shape index (κ3) is 7.27. The van der Waals surface area contributed by atoms with Crippen LogP contribution < -0.4 is 10.1 Å². The van der Waals surface area contributed by atoms with Crippen LogP contribution in [0.4, 0.5) is 0 Å². The lowest BCUT2D eigenvalue weighted by Crippen LogP contribution is -2.53. The number of nitrogens with one attached hydrogen (secondary N) is 1. The molecule has 4 aromatic rings. The Labute approximate surface area is 239 Å². The third-order valence-electron chi connectivity index (χ3n) is 7.05. The molecule has 0 aliphatic carbocycles. The van der Waals surface area contributed by atoms with E-state index in [2.05, 4.69) is 21.2 Å². The van der Waals surface area contributed by atoms with Crippen LogP contribution in [0.5, 0.6) is 5.75 Å². The van der Waals surface area contributed by atoms with Gasteiger partial charge < -0.3 is 15.0 Å². The number of fused-ring (bicyclic) bond motifs is 1. The molecule has 0 unspecified atom stereocenters. The fourth-order valence-corrected chi connectivity index (χ4v) is 5.12. The molecule has 2 amide bonds. The number of nitrogens with zero attached hydrogens (tertiary/aromatic N) is 1. The summed E-state index contributed by atoms with van der Waals surface area (Å²) in [7, 11) is 0.